The summed E-state index contributed by atoms with van der Waals surface area (Å²) in [5, 5.41) is 10.5. The lowest BCUT2D eigenvalue weighted by Gasteiger charge is -2.28. The summed E-state index contributed by atoms with van der Waals surface area (Å²) in [5.41, 5.74) is 2.41. The van der Waals surface area contributed by atoms with Gasteiger partial charge in [-0.05, 0) is 61.7 Å². The molecule has 2 amide bonds. The largest absolute Gasteiger partial charge is 0.490 e. The molecule has 7 nitrogen and oxygen atoms in total. The molecule has 1 aliphatic rings. The minimum Gasteiger partial charge on any atom is -0.490 e. The zero-order valence-corrected chi connectivity index (χ0v) is 18.7. The van der Waals surface area contributed by atoms with Crippen LogP contribution in [0.4, 0.5) is 10.6 Å². The minimum atomic E-state index is -0.142. The van der Waals surface area contributed by atoms with Gasteiger partial charge in [-0.2, -0.15) is 5.10 Å². The first-order chi connectivity index (χ1) is 16.2. The number of nitrogens with zero attached hydrogens (tertiary/aromatic N) is 3. The lowest BCUT2D eigenvalue weighted by Crippen LogP contribution is -2.39. The van der Waals surface area contributed by atoms with E-state index < -0.39 is 0 Å². The van der Waals surface area contributed by atoms with Crippen LogP contribution in [-0.2, 0) is 0 Å². The molecule has 0 saturated carbocycles. The van der Waals surface area contributed by atoms with Gasteiger partial charge in [0.2, 0.25) is 0 Å². The number of piperidine rings is 1. The van der Waals surface area contributed by atoms with Gasteiger partial charge in [0.15, 0.2) is 5.82 Å². The van der Waals surface area contributed by atoms with Gasteiger partial charge in [0.25, 0.3) is 0 Å². The van der Waals surface area contributed by atoms with Crippen LogP contribution in [0.3, 0.4) is 0 Å². The second kappa shape index (κ2) is 11.1. The van der Waals surface area contributed by atoms with E-state index in [9.17, 15) is 4.79 Å². The molecular formula is C26H28N4O3. The summed E-state index contributed by atoms with van der Waals surface area (Å²) in [6, 6.07) is 21.1. The van der Waals surface area contributed by atoms with Crippen LogP contribution in [0.1, 0.15) is 25.3 Å². The van der Waals surface area contributed by atoms with Crippen molar-refractivity contribution in [3.63, 3.8) is 0 Å². The zero-order valence-electron chi connectivity index (χ0n) is 18.7. The Bertz CT molecular complexity index is 1060. The van der Waals surface area contributed by atoms with Crippen molar-refractivity contribution in [3.8, 4) is 11.5 Å². The van der Waals surface area contributed by atoms with Gasteiger partial charge in [-0.3, -0.25) is 5.32 Å². The highest BCUT2D eigenvalue weighted by Crippen LogP contribution is 2.23. The lowest BCUT2D eigenvalue weighted by molar-refractivity contribution is 0.143. The SMILES string of the molecule is CC(COc1ccccc1)Oc1cccc(C=C2CCN(C(=O)Nc3cccnn3)CC2)c1. The molecule has 0 radical (unpaired) electrons. The van der Waals surface area contributed by atoms with Crippen molar-refractivity contribution in [2.24, 2.45) is 0 Å². The Hall–Kier alpha value is -3.87. The van der Waals surface area contributed by atoms with Gasteiger partial charge >= 0.3 is 6.03 Å². The van der Waals surface area contributed by atoms with Gasteiger partial charge in [-0.15, -0.1) is 5.10 Å². The number of urea groups is 1. The normalized spacial score (nSPS) is 14.3. The van der Waals surface area contributed by atoms with Crippen molar-refractivity contribution >= 4 is 17.9 Å². The maximum absolute atomic E-state index is 12.4. The summed E-state index contributed by atoms with van der Waals surface area (Å²) in [5.74, 6) is 2.11. The van der Waals surface area contributed by atoms with Crippen molar-refractivity contribution in [2.45, 2.75) is 25.9 Å². The standard InChI is InChI=1S/C26H28N4O3/c1-20(19-32-23-8-3-2-4-9-23)33-24-10-5-7-22(18-24)17-21-12-15-30(16-13-21)26(31)28-25-11-6-14-27-29-25/h2-11,14,17-18,20H,12-13,15-16,19H2,1H3,(H,28,29,31). The molecule has 1 aliphatic heterocycles. The third-order valence-electron chi connectivity index (χ3n) is 5.29. The predicted molar refractivity (Wildman–Crippen MR) is 128 cm³/mol. The van der Waals surface area contributed by atoms with E-state index in [4.69, 9.17) is 9.47 Å². The van der Waals surface area contributed by atoms with Crippen molar-refractivity contribution in [2.75, 3.05) is 25.0 Å². The van der Waals surface area contributed by atoms with Crippen LogP contribution in [0.25, 0.3) is 6.08 Å². The summed E-state index contributed by atoms with van der Waals surface area (Å²) >= 11 is 0. The average Bonchev–Trinajstić information content (AvgIpc) is 2.85. The Morgan fingerprint density at radius 1 is 1.06 bits per heavy atom. The van der Waals surface area contributed by atoms with Crippen LogP contribution >= 0.6 is 0 Å². The number of aromatic nitrogens is 2. The summed E-state index contributed by atoms with van der Waals surface area (Å²) in [7, 11) is 0. The minimum absolute atomic E-state index is 0.0795. The van der Waals surface area contributed by atoms with Crippen molar-refractivity contribution in [1.29, 1.82) is 0 Å². The molecule has 7 heteroatoms. The predicted octanol–water partition coefficient (Wildman–Crippen LogP) is 5.03. The number of ether oxygens (including phenoxy) is 2. The van der Waals surface area contributed by atoms with Gasteiger partial charge in [0.1, 0.15) is 24.2 Å². The molecular weight excluding hydrogens is 416 g/mol. The van der Waals surface area contributed by atoms with Crippen LogP contribution in [0.2, 0.25) is 0 Å². The van der Waals surface area contributed by atoms with Crippen LogP contribution < -0.4 is 14.8 Å². The number of rotatable bonds is 7. The fourth-order valence-electron chi connectivity index (χ4n) is 3.61. The highest BCUT2D eigenvalue weighted by Gasteiger charge is 2.19. The number of likely N-dealkylation sites (tertiary alicyclic amines) is 1. The van der Waals surface area contributed by atoms with Gasteiger partial charge in [0, 0.05) is 19.3 Å². The maximum Gasteiger partial charge on any atom is 0.323 e. The summed E-state index contributed by atoms with van der Waals surface area (Å²) in [6.45, 7) is 3.81. The second-order valence-electron chi connectivity index (χ2n) is 7.95. The fourth-order valence-corrected chi connectivity index (χ4v) is 3.61. The molecule has 2 heterocycles. The Labute approximate surface area is 194 Å². The summed E-state index contributed by atoms with van der Waals surface area (Å²) in [6.07, 6.45) is 5.35. The van der Waals surface area contributed by atoms with Crippen LogP contribution in [0.5, 0.6) is 11.5 Å². The number of carbonyl (C=O) groups excluding carboxylic acids is 1. The first-order valence-electron chi connectivity index (χ1n) is 11.1. The van der Waals surface area contributed by atoms with Gasteiger partial charge < -0.3 is 14.4 Å². The third-order valence-corrected chi connectivity index (χ3v) is 5.29. The second-order valence-corrected chi connectivity index (χ2v) is 7.95. The Balaban J connectivity index is 1.27. The number of amides is 2. The van der Waals surface area contributed by atoms with Gasteiger partial charge in [-0.1, -0.05) is 42.0 Å². The molecule has 3 aromatic rings. The Kier molecular flexibility index (Phi) is 7.53. The van der Waals surface area contributed by atoms with Gasteiger partial charge in [0.05, 0.1) is 0 Å². The molecule has 170 valence electrons. The van der Waals surface area contributed by atoms with E-state index in [2.05, 4.69) is 27.7 Å². The molecule has 33 heavy (non-hydrogen) atoms. The van der Waals surface area contributed by atoms with Crippen LogP contribution in [0, 0.1) is 0 Å². The summed E-state index contributed by atoms with van der Waals surface area (Å²) < 4.78 is 11.8. The van der Waals surface area contributed by atoms with E-state index in [0.717, 1.165) is 29.9 Å². The number of anilines is 1. The third kappa shape index (κ3) is 6.80. The topological polar surface area (TPSA) is 76.6 Å². The number of benzene rings is 2. The average molecular weight is 445 g/mol. The van der Waals surface area contributed by atoms with E-state index in [0.29, 0.717) is 25.5 Å². The van der Waals surface area contributed by atoms with E-state index in [1.165, 1.54) is 5.57 Å². The molecule has 1 fully saturated rings. The Morgan fingerprint density at radius 3 is 2.61 bits per heavy atom. The van der Waals surface area contributed by atoms with E-state index in [1.54, 1.807) is 23.2 Å². The molecule has 0 aliphatic carbocycles. The first kappa shape index (κ1) is 22.3. The number of hydrogen-bond donors (Lipinski definition) is 1. The number of carbonyl (C=O) groups is 1. The number of para-hydroxylation sites is 1. The molecule has 0 bridgehead atoms. The van der Waals surface area contributed by atoms with E-state index in [1.807, 2.05) is 55.5 Å². The lowest BCUT2D eigenvalue weighted by atomic mass is 10.0. The Morgan fingerprint density at radius 2 is 1.85 bits per heavy atom. The number of nitrogens with one attached hydrogen (secondary N) is 1. The molecule has 2 aromatic carbocycles. The molecule has 1 atom stereocenters. The number of hydrogen-bond acceptors (Lipinski definition) is 5. The monoisotopic (exact) mass is 444 g/mol. The highest BCUT2D eigenvalue weighted by atomic mass is 16.5. The zero-order chi connectivity index (χ0) is 22.9. The quantitative estimate of drug-likeness (QED) is 0.553. The van der Waals surface area contributed by atoms with Crippen LogP contribution in [-0.4, -0.2) is 46.9 Å². The fraction of sp³-hybridized carbons (Fsp3) is 0.269. The van der Waals surface area contributed by atoms with E-state index >= 15 is 0 Å². The molecule has 4 rings (SSSR count). The highest BCUT2D eigenvalue weighted by molar-refractivity contribution is 5.88. The molecule has 1 N–H and O–H groups in total. The molecule has 0 spiro atoms. The first-order valence-corrected chi connectivity index (χ1v) is 11.1. The van der Waals surface area contributed by atoms with Gasteiger partial charge in [-0.25, -0.2) is 4.79 Å². The molecule has 1 unspecified atom stereocenters. The maximum atomic E-state index is 12.4. The molecule has 1 saturated heterocycles. The summed E-state index contributed by atoms with van der Waals surface area (Å²) in [4.78, 5) is 14.2. The smallest absolute Gasteiger partial charge is 0.323 e. The van der Waals surface area contributed by atoms with Crippen molar-refractivity contribution in [1.82, 2.24) is 15.1 Å². The van der Waals surface area contributed by atoms with Crippen molar-refractivity contribution in [3.05, 3.63) is 84.1 Å². The van der Waals surface area contributed by atoms with Crippen molar-refractivity contribution < 1.29 is 14.3 Å². The van der Waals surface area contributed by atoms with Crippen LogP contribution in [0.15, 0.2) is 78.5 Å². The van der Waals surface area contributed by atoms with E-state index in [-0.39, 0.29) is 12.1 Å². The molecule has 1 aromatic heterocycles.